The summed E-state index contributed by atoms with van der Waals surface area (Å²) >= 11 is 2.19. The lowest BCUT2D eigenvalue weighted by molar-refractivity contribution is -0.115. The van der Waals surface area contributed by atoms with Gasteiger partial charge in [0.05, 0.1) is 11.4 Å². The number of amides is 2. The molecule has 0 aliphatic carbocycles. The van der Waals surface area contributed by atoms with Gasteiger partial charge in [-0.3, -0.25) is 9.59 Å². The van der Waals surface area contributed by atoms with Crippen molar-refractivity contribution in [3.63, 3.8) is 0 Å². The van der Waals surface area contributed by atoms with Gasteiger partial charge in [0.2, 0.25) is 0 Å². The molecule has 202 valence electrons. The van der Waals surface area contributed by atoms with Crippen molar-refractivity contribution in [3.05, 3.63) is 28.5 Å². The summed E-state index contributed by atoms with van der Waals surface area (Å²) in [5.74, 6) is -3.97. The van der Waals surface area contributed by atoms with Crippen LogP contribution < -0.4 is 10.6 Å². The molecule has 0 aromatic carbocycles. The standard InChI is InChI=1S/C21H20F7N5O2S2/c1-9-3-20(24,25)8-33(9)19(35)14-15(37-18(32-14)17(34)31-10-5-36-6-10)12-4-29-13(2-11(12)16(22)23)30-7-21(26,27)28/h2,4,9-10,16H,3,5-8H2,1H3,(H,29,30)(H,31,34). The monoisotopic (exact) mass is 571 g/mol. The summed E-state index contributed by atoms with van der Waals surface area (Å²) in [5, 5.41) is 4.36. The van der Waals surface area contributed by atoms with Gasteiger partial charge in [-0.2, -0.15) is 24.9 Å². The van der Waals surface area contributed by atoms with Crippen LogP contribution in [0, 0.1) is 0 Å². The van der Waals surface area contributed by atoms with Crippen LogP contribution in [0.15, 0.2) is 12.3 Å². The van der Waals surface area contributed by atoms with Gasteiger partial charge < -0.3 is 15.5 Å². The molecule has 2 aliphatic heterocycles. The van der Waals surface area contributed by atoms with E-state index in [4.69, 9.17) is 0 Å². The van der Waals surface area contributed by atoms with Gasteiger partial charge in [-0.15, -0.1) is 11.3 Å². The quantitative estimate of drug-likeness (QED) is 0.463. The van der Waals surface area contributed by atoms with E-state index in [1.54, 1.807) is 11.8 Å². The highest BCUT2D eigenvalue weighted by Crippen LogP contribution is 2.40. The molecule has 2 N–H and O–H groups in total. The SMILES string of the molecule is CC1CC(F)(F)CN1C(=O)c1nc(C(=O)NC2CSC2)sc1-c1cnc(NCC(F)(F)F)cc1C(F)F. The molecule has 0 spiro atoms. The molecule has 2 aliphatic rings. The Hall–Kier alpha value is -2.62. The molecule has 1 atom stereocenters. The zero-order valence-electron chi connectivity index (χ0n) is 19.0. The van der Waals surface area contributed by atoms with Crippen LogP contribution in [0.5, 0.6) is 0 Å². The highest BCUT2D eigenvalue weighted by atomic mass is 32.2. The van der Waals surface area contributed by atoms with Crippen LogP contribution in [0.2, 0.25) is 0 Å². The Morgan fingerprint density at radius 1 is 1.27 bits per heavy atom. The zero-order chi connectivity index (χ0) is 27.1. The maximum atomic E-state index is 14.0. The molecular weight excluding hydrogens is 551 g/mol. The third kappa shape index (κ3) is 6.27. The van der Waals surface area contributed by atoms with Crippen LogP contribution in [0.25, 0.3) is 10.4 Å². The Balaban J connectivity index is 1.75. The number of carbonyl (C=O) groups is 2. The molecule has 0 saturated carbocycles. The molecule has 37 heavy (non-hydrogen) atoms. The molecule has 4 heterocycles. The van der Waals surface area contributed by atoms with E-state index in [1.807, 2.05) is 5.32 Å². The van der Waals surface area contributed by atoms with Gasteiger partial charge in [0.15, 0.2) is 5.01 Å². The number of hydrogen-bond acceptors (Lipinski definition) is 7. The normalized spacial score (nSPS) is 19.7. The first kappa shape index (κ1) is 27.4. The first-order valence-corrected chi connectivity index (χ1v) is 12.9. The number of thiazole rings is 1. The molecule has 2 aromatic heterocycles. The smallest absolute Gasteiger partial charge is 0.361 e. The summed E-state index contributed by atoms with van der Waals surface area (Å²) in [5.41, 5.74) is -1.59. The first-order valence-electron chi connectivity index (χ1n) is 10.9. The lowest BCUT2D eigenvalue weighted by Crippen LogP contribution is -2.43. The number of likely N-dealkylation sites (tertiary alicyclic amines) is 1. The predicted molar refractivity (Wildman–Crippen MR) is 123 cm³/mol. The molecule has 2 fully saturated rings. The van der Waals surface area contributed by atoms with E-state index in [0.717, 1.165) is 11.1 Å². The molecule has 2 amide bonds. The van der Waals surface area contributed by atoms with Crippen molar-refractivity contribution in [2.45, 2.75) is 44.0 Å². The van der Waals surface area contributed by atoms with E-state index in [-0.39, 0.29) is 21.5 Å². The number of anilines is 1. The van der Waals surface area contributed by atoms with E-state index >= 15 is 0 Å². The highest BCUT2D eigenvalue weighted by Gasteiger charge is 2.46. The Morgan fingerprint density at radius 2 is 1.97 bits per heavy atom. The van der Waals surface area contributed by atoms with E-state index in [9.17, 15) is 40.3 Å². The number of alkyl halides is 7. The minimum absolute atomic E-state index is 0.140. The van der Waals surface area contributed by atoms with Crippen molar-refractivity contribution < 1.29 is 40.3 Å². The van der Waals surface area contributed by atoms with Crippen molar-refractivity contribution >= 4 is 40.7 Å². The summed E-state index contributed by atoms with van der Waals surface area (Å²) in [7, 11) is 0. The number of hydrogen-bond donors (Lipinski definition) is 2. The molecule has 16 heteroatoms. The van der Waals surface area contributed by atoms with Gasteiger partial charge in [-0.25, -0.2) is 27.5 Å². The summed E-state index contributed by atoms with van der Waals surface area (Å²) in [6.45, 7) is -1.03. The summed E-state index contributed by atoms with van der Waals surface area (Å²) < 4.78 is 93.5. The van der Waals surface area contributed by atoms with Crippen molar-refractivity contribution in [1.29, 1.82) is 0 Å². The zero-order valence-corrected chi connectivity index (χ0v) is 20.7. The number of aromatic nitrogens is 2. The van der Waals surface area contributed by atoms with Crippen LogP contribution in [-0.2, 0) is 0 Å². The number of rotatable bonds is 7. The van der Waals surface area contributed by atoms with Crippen molar-refractivity contribution in [2.24, 2.45) is 0 Å². The molecule has 0 bridgehead atoms. The number of halogens is 7. The van der Waals surface area contributed by atoms with E-state index < -0.39 is 73.0 Å². The molecule has 7 nitrogen and oxygen atoms in total. The fraction of sp³-hybridized carbons (Fsp3) is 0.524. The molecule has 4 rings (SSSR count). The lowest BCUT2D eigenvalue weighted by atomic mass is 10.1. The lowest BCUT2D eigenvalue weighted by Gasteiger charge is -2.25. The second kappa shape index (κ2) is 10.3. The van der Waals surface area contributed by atoms with Crippen LogP contribution in [-0.4, -0.2) is 75.5 Å². The van der Waals surface area contributed by atoms with Gasteiger partial charge in [-0.1, -0.05) is 0 Å². The average molecular weight is 572 g/mol. The second-order valence-corrected chi connectivity index (χ2v) is 10.7. The third-order valence-corrected chi connectivity index (χ3v) is 8.04. The summed E-state index contributed by atoms with van der Waals surface area (Å²) in [6.07, 6.45) is -7.59. The molecule has 1 unspecified atom stereocenters. The summed E-state index contributed by atoms with van der Waals surface area (Å²) in [6, 6.07) is -0.320. The molecular formula is C21H20F7N5O2S2. The Morgan fingerprint density at radius 3 is 2.51 bits per heavy atom. The summed E-state index contributed by atoms with van der Waals surface area (Å²) in [4.78, 5) is 34.4. The number of thioether (sulfide) groups is 1. The largest absolute Gasteiger partial charge is 0.405 e. The van der Waals surface area contributed by atoms with Crippen LogP contribution in [0.4, 0.5) is 36.6 Å². The van der Waals surface area contributed by atoms with Gasteiger partial charge in [0.25, 0.3) is 24.2 Å². The van der Waals surface area contributed by atoms with Crippen molar-refractivity contribution in [1.82, 2.24) is 20.2 Å². The minimum Gasteiger partial charge on any atom is -0.361 e. The van der Waals surface area contributed by atoms with Gasteiger partial charge >= 0.3 is 6.18 Å². The van der Waals surface area contributed by atoms with Gasteiger partial charge in [0, 0.05) is 47.3 Å². The molecule has 2 saturated heterocycles. The first-order chi connectivity index (χ1) is 17.2. The number of nitrogens with zero attached hydrogens (tertiary/aromatic N) is 3. The maximum absolute atomic E-state index is 14.0. The highest BCUT2D eigenvalue weighted by molar-refractivity contribution is 8.00. The predicted octanol–water partition coefficient (Wildman–Crippen LogP) is 4.83. The molecule has 0 radical (unpaired) electrons. The second-order valence-electron chi connectivity index (χ2n) is 8.67. The number of nitrogens with one attached hydrogen (secondary N) is 2. The van der Waals surface area contributed by atoms with Crippen LogP contribution >= 0.6 is 23.1 Å². The number of pyridine rings is 1. The maximum Gasteiger partial charge on any atom is 0.405 e. The molecule has 2 aromatic rings. The fourth-order valence-corrected chi connectivity index (χ4v) is 5.49. The Kier molecular flexibility index (Phi) is 7.61. The van der Waals surface area contributed by atoms with Crippen LogP contribution in [0.1, 0.15) is 45.6 Å². The Bertz CT molecular complexity index is 1190. The fourth-order valence-electron chi connectivity index (χ4n) is 3.86. The van der Waals surface area contributed by atoms with E-state index in [2.05, 4.69) is 15.3 Å². The van der Waals surface area contributed by atoms with Crippen molar-refractivity contribution in [2.75, 3.05) is 29.9 Å². The van der Waals surface area contributed by atoms with E-state index in [0.29, 0.717) is 28.9 Å². The van der Waals surface area contributed by atoms with Gasteiger partial charge in [0.1, 0.15) is 18.1 Å². The topological polar surface area (TPSA) is 87.2 Å². The number of carbonyl (C=O) groups excluding carboxylic acids is 2. The van der Waals surface area contributed by atoms with E-state index in [1.165, 1.54) is 6.92 Å². The Labute approximate surface area is 214 Å². The van der Waals surface area contributed by atoms with Gasteiger partial charge in [-0.05, 0) is 13.0 Å². The third-order valence-electron chi connectivity index (χ3n) is 5.67. The van der Waals surface area contributed by atoms with Crippen molar-refractivity contribution in [3.8, 4) is 10.4 Å². The van der Waals surface area contributed by atoms with Crippen LogP contribution in [0.3, 0.4) is 0 Å². The average Bonchev–Trinajstić information content (AvgIpc) is 3.33. The minimum atomic E-state index is -4.63.